The zero-order valence-electron chi connectivity index (χ0n) is 18.4. The summed E-state index contributed by atoms with van der Waals surface area (Å²) >= 11 is 0. The van der Waals surface area contributed by atoms with Crippen molar-refractivity contribution < 1.29 is 19.5 Å². The number of benzene rings is 1. The molecule has 3 rings (SSSR count). The zero-order valence-corrected chi connectivity index (χ0v) is 18.4. The number of piperidine rings is 1. The number of carbonyl (C=O) groups is 3. The molecular formula is C23H34N4O4. The first-order chi connectivity index (χ1) is 15.0. The van der Waals surface area contributed by atoms with Crippen LogP contribution in [0.1, 0.15) is 44.6 Å². The van der Waals surface area contributed by atoms with E-state index in [2.05, 4.69) is 41.4 Å². The zero-order chi connectivity index (χ0) is 22.3. The van der Waals surface area contributed by atoms with Crippen LogP contribution in [0, 0.1) is 0 Å². The number of nitrogens with zero attached hydrogens (tertiary/aromatic N) is 3. The van der Waals surface area contributed by atoms with Crippen LogP contribution in [0.3, 0.4) is 0 Å². The molecule has 0 saturated carbocycles. The summed E-state index contributed by atoms with van der Waals surface area (Å²) in [6, 6.07) is 10.2. The van der Waals surface area contributed by atoms with Crippen LogP contribution in [0.4, 0.5) is 9.59 Å². The van der Waals surface area contributed by atoms with Crippen molar-refractivity contribution in [1.29, 1.82) is 0 Å². The lowest BCUT2D eigenvalue weighted by Gasteiger charge is -2.42. The normalized spacial score (nSPS) is 18.7. The number of unbranched alkanes of at least 4 members (excludes halogenated alkanes) is 1. The fourth-order valence-electron chi connectivity index (χ4n) is 4.60. The van der Waals surface area contributed by atoms with Crippen LogP contribution in [0.5, 0.6) is 0 Å². The molecule has 2 aliphatic rings. The first-order valence-corrected chi connectivity index (χ1v) is 11.3. The first-order valence-electron chi connectivity index (χ1n) is 11.3. The Hall–Kier alpha value is -2.61. The van der Waals surface area contributed by atoms with E-state index in [0.29, 0.717) is 25.8 Å². The average Bonchev–Trinajstić information content (AvgIpc) is 2.96. The van der Waals surface area contributed by atoms with E-state index in [1.165, 1.54) is 10.5 Å². The van der Waals surface area contributed by atoms with Crippen molar-refractivity contribution in [2.45, 2.75) is 51.0 Å². The van der Waals surface area contributed by atoms with Gasteiger partial charge in [0.15, 0.2) is 0 Å². The summed E-state index contributed by atoms with van der Waals surface area (Å²) in [5, 5.41) is 11.0. The Morgan fingerprint density at radius 2 is 1.77 bits per heavy atom. The van der Waals surface area contributed by atoms with Gasteiger partial charge < -0.3 is 20.2 Å². The van der Waals surface area contributed by atoms with Crippen LogP contribution in [0.25, 0.3) is 0 Å². The summed E-state index contributed by atoms with van der Waals surface area (Å²) in [6.45, 7) is 5.68. The third-order valence-electron chi connectivity index (χ3n) is 6.43. The van der Waals surface area contributed by atoms with Gasteiger partial charge in [-0.1, -0.05) is 43.7 Å². The number of carbonyl (C=O) groups excluding carboxylic acids is 2. The predicted octanol–water partition coefficient (Wildman–Crippen LogP) is 2.79. The van der Waals surface area contributed by atoms with Crippen LogP contribution in [0.2, 0.25) is 0 Å². The Morgan fingerprint density at radius 1 is 1.06 bits per heavy atom. The van der Waals surface area contributed by atoms with Crippen LogP contribution in [0.15, 0.2) is 30.3 Å². The van der Waals surface area contributed by atoms with E-state index in [1.54, 1.807) is 4.90 Å². The van der Waals surface area contributed by atoms with E-state index in [4.69, 9.17) is 5.11 Å². The van der Waals surface area contributed by atoms with Gasteiger partial charge in [0.05, 0.1) is 0 Å². The van der Waals surface area contributed by atoms with Crippen molar-refractivity contribution in [1.82, 2.24) is 20.0 Å². The molecule has 2 saturated heterocycles. The molecule has 0 aromatic heterocycles. The molecule has 4 amide bonds. The number of likely N-dealkylation sites (tertiary alicyclic amines) is 1. The Morgan fingerprint density at radius 3 is 2.42 bits per heavy atom. The van der Waals surface area contributed by atoms with Crippen LogP contribution < -0.4 is 5.32 Å². The molecule has 0 radical (unpaired) electrons. The lowest BCUT2D eigenvalue weighted by atomic mass is 9.85. The lowest BCUT2D eigenvalue weighted by molar-refractivity contribution is -0.135. The van der Waals surface area contributed by atoms with E-state index in [1.807, 2.05) is 6.07 Å². The standard InChI is InChI=1S/C23H34N4O4/c1-2-3-15-27-22(31)26(14-7-13-24-21(29)30)20(28)23(27)11-17-25(18-12-23)16-10-19-8-5-4-6-9-19/h4-6,8-9,24H,2-3,7,10-18H2,1H3,(H,29,30). The van der Waals surface area contributed by atoms with Crippen molar-refractivity contribution in [3.8, 4) is 0 Å². The number of imide groups is 1. The second-order valence-electron chi connectivity index (χ2n) is 8.44. The third-order valence-corrected chi connectivity index (χ3v) is 6.43. The molecule has 2 fully saturated rings. The SMILES string of the molecule is CCCCN1C(=O)N(CCCNC(=O)O)C(=O)C12CCN(CCc1ccccc1)CC2. The second kappa shape index (κ2) is 10.6. The van der Waals surface area contributed by atoms with Crippen LogP contribution >= 0.6 is 0 Å². The molecular weight excluding hydrogens is 396 g/mol. The second-order valence-corrected chi connectivity index (χ2v) is 8.44. The first kappa shape index (κ1) is 23.1. The molecule has 2 aliphatic heterocycles. The summed E-state index contributed by atoms with van der Waals surface area (Å²) in [4.78, 5) is 42.7. The minimum atomic E-state index is -1.09. The maximum absolute atomic E-state index is 13.4. The summed E-state index contributed by atoms with van der Waals surface area (Å²) < 4.78 is 0. The van der Waals surface area contributed by atoms with E-state index < -0.39 is 11.6 Å². The van der Waals surface area contributed by atoms with Crippen LogP contribution in [-0.4, -0.2) is 82.6 Å². The molecule has 1 spiro atoms. The summed E-state index contributed by atoms with van der Waals surface area (Å²) in [7, 11) is 0. The van der Waals surface area contributed by atoms with Crippen molar-refractivity contribution in [3.05, 3.63) is 35.9 Å². The van der Waals surface area contributed by atoms with Crippen molar-refractivity contribution in [3.63, 3.8) is 0 Å². The highest BCUT2D eigenvalue weighted by Gasteiger charge is 2.57. The van der Waals surface area contributed by atoms with Gasteiger partial charge >= 0.3 is 12.1 Å². The van der Waals surface area contributed by atoms with Crippen molar-refractivity contribution in [2.24, 2.45) is 0 Å². The molecule has 1 aromatic carbocycles. The molecule has 8 nitrogen and oxygen atoms in total. The number of carboxylic acid groups (broad SMARTS) is 1. The monoisotopic (exact) mass is 430 g/mol. The molecule has 2 heterocycles. The fourth-order valence-corrected chi connectivity index (χ4v) is 4.60. The maximum atomic E-state index is 13.4. The van der Waals surface area contributed by atoms with Gasteiger partial charge in [-0.25, -0.2) is 9.59 Å². The van der Waals surface area contributed by atoms with E-state index in [0.717, 1.165) is 38.9 Å². The van der Waals surface area contributed by atoms with Gasteiger partial charge in [0.25, 0.3) is 5.91 Å². The van der Waals surface area contributed by atoms with Gasteiger partial charge in [-0.2, -0.15) is 0 Å². The molecule has 8 heteroatoms. The number of urea groups is 1. The number of rotatable bonds is 10. The summed E-state index contributed by atoms with van der Waals surface area (Å²) in [5.74, 6) is -0.105. The highest BCUT2D eigenvalue weighted by atomic mass is 16.4. The van der Waals surface area contributed by atoms with Gasteiger partial charge in [-0.15, -0.1) is 0 Å². The molecule has 0 bridgehead atoms. The molecule has 31 heavy (non-hydrogen) atoms. The van der Waals surface area contributed by atoms with E-state index >= 15 is 0 Å². The molecule has 1 aromatic rings. The maximum Gasteiger partial charge on any atom is 0.404 e. The summed E-state index contributed by atoms with van der Waals surface area (Å²) in [6.07, 6.45) is 3.43. The van der Waals surface area contributed by atoms with Crippen molar-refractivity contribution in [2.75, 3.05) is 39.3 Å². The predicted molar refractivity (Wildman–Crippen MR) is 118 cm³/mol. The minimum absolute atomic E-state index is 0.105. The number of hydrogen-bond acceptors (Lipinski definition) is 4. The quantitative estimate of drug-likeness (QED) is 0.440. The molecule has 170 valence electrons. The molecule has 0 unspecified atom stereocenters. The van der Waals surface area contributed by atoms with E-state index in [-0.39, 0.29) is 25.0 Å². The largest absolute Gasteiger partial charge is 0.465 e. The van der Waals surface area contributed by atoms with E-state index in [9.17, 15) is 14.4 Å². The highest BCUT2D eigenvalue weighted by Crippen LogP contribution is 2.37. The Balaban J connectivity index is 1.62. The Labute approximate surface area is 184 Å². The molecule has 2 N–H and O–H groups in total. The van der Waals surface area contributed by atoms with Gasteiger partial charge in [0, 0.05) is 39.3 Å². The number of hydrogen-bond donors (Lipinski definition) is 2. The fraction of sp³-hybridized carbons (Fsp3) is 0.609. The van der Waals surface area contributed by atoms with Gasteiger partial charge in [-0.3, -0.25) is 9.69 Å². The van der Waals surface area contributed by atoms with Gasteiger partial charge in [0.1, 0.15) is 5.54 Å². The Bertz CT molecular complexity index is 762. The Kier molecular flexibility index (Phi) is 7.90. The third kappa shape index (κ3) is 5.36. The average molecular weight is 431 g/mol. The number of amides is 4. The van der Waals surface area contributed by atoms with Crippen LogP contribution in [-0.2, 0) is 11.2 Å². The lowest BCUT2D eigenvalue weighted by Crippen LogP contribution is -2.57. The smallest absolute Gasteiger partial charge is 0.404 e. The molecule has 0 atom stereocenters. The number of nitrogens with one attached hydrogen (secondary N) is 1. The summed E-state index contributed by atoms with van der Waals surface area (Å²) in [5.41, 5.74) is 0.566. The topological polar surface area (TPSA) is 93.2 Å². The minimum Gasteiger partial charge on any atom is -0.465 e. The highest BCUT2D eigenvalue weighted by molar-refractivity contribution is 6.07. The molecule has 0 aliphatic carbocycles. The van der Waals surface area contributed by atoms with Crippen molar-refractivity contribution >= 4 is 18.0 Å². The van der Waals surface area contributed by atoms with Gasteiger partial charge in [-0.05, 0) is 37.7 Å². The van der Waals surface area contributed by atoms with Gasteiger partial charge in [0.2, 0.25) is 0 Å².